The van der Waals surface area contributed by atoms with E-state index in [9.17, 15) is 0 Å². The van der Waals surface area contributed by atoms with Crippen molar-refractivity contribution in [3.63, 3.8) is 0 Å². The zero-order chi connectivity index (χ0) is 37.7. The third-order valence-electron chi connectivity index (χ3n) is 11.4. The van der Waals surface area contributed by atoms with Gasteiger partial charge in [0.05, 0.1) is 0 Å². The Morgan fingerprint density at radius 2 is 0.667 bits per heavy atom. The van der Waals surface area contributed by atoms with E-state index in [0.717, 1.165) is 44.5 Å². The van der Waals surface area contributed by atoms with Crippen LogP contribution in [0.5, 0.6) is 0 Å². The topological polar surface area (TPSA) is 13.1 Å². The van der Waals surface area contributed by atoms with Crippen LogP contribution in [0.4, 0.5) is 0 Å². The van der Waals surface area contributed by atoms with E-state index in [1.165, 1.54) is 65.7 Å². The fraction of sp³-hybridized carbons (Fsp3) is 0. The van der Waals surface area contributed by atoms with Gasteiger partial charge >= 0.3 is 0 Å². The van der Waals surface area contributed by atoms with E-state index >= 15 is 0 Å². The normalized spacial score (nSPS) is 11.5. The second kappa shape index (κ2) is 13.7. The van der Waals surface area contributed by atoms with Crippen molar-refractivity contribution in [3.8, 4) is 67.0 Å². The third kappa shape index (κ3) is 5.72. The van der Waals surface area contributed by atoms with Crippen LogP contribution in [-0.4, -0.2) is 0 Å². The Bertz CT molecular complexity index is 3220. The minimum atomic E-state index is 0.877. The summed E-state index contributed by atoms with van der Waals surface area (Å²) in [6.07, 6.45) is 0. The van der Waals surface area contributed by atoms with Crippen molar-refractivity contribution in [2.24, 2.45) is 0 Å². The van der Waals surface area contributed by atoms with E-state index in [-0.39, 0.29) is 0 Å². The zero-order valence-corrected chi connectivity index (χ0v) is 31.2. The Kier molecular flexibility index (Phi) is 7.89. The number of hydrogen-bond acceptors (Lipinski definition) is 1. The minimum absolute atomic E-state index is 0.877. The molecular formula is C56H36O. The molecule has 266 valence electrons. The monoisotopic (exact) mass is 724 g/mol. The standard InChI is InChI=1S/C56H36O/c1-3-16-38(17-4-1)55-51-32-31-44(36-52(51)57-56(55)39-18-5-2-6-19-39)42-22-14-24-46(35-42)54-49-27-11-9-25-47(49)53(48-26-10-12-28-50(48)54)45-23-13-21-41(34-45)43-30-29-37-15-7-8-20-40(37)33-43/h1-36H. The zero-order valence-electron chi connectivity index (χ0n) is 31.2. The van der Waals surface area contributed by atoms with Crippen LogP contribution in [0.2, 0.25) is 0 Å². The van der Waals surface area contributed by atoms with Gasteiger partial charge in [0.25, 0.3) is 0 Å². The molecule has 10 aromatic carbocycles. The van der Waals surface area contributed by atoms with Gasteiger partial charge in [-0.15, -0.1) is 0 Å². The van der Waals surface area contributed by atoms with Gasteiger partial charge in [0.1, 0.15) is 11.3 Å². The summed E-state index contributed by atoms with van der Waals surface area (Å²) in [6.45, 7) is 0. The van der Waals surface area contributed by atoms with E-state index in [1.54, 1.807) is 0 Å². The Morgan fingerprint density at radius 1 is 0.228 bits per heavy atom. The molecule has 0 atom stereocenters. The van der Waals surface area contributed by atoms with Gasteiger partial charge in [0.2, 0.25) is 0 Å². The number of furan rings is 1. The fourth-order valence-electron chi connectivity index (χ4n) is 8.79. The van der Waals surface area contributed by atoms with E-state index in [4.69, 9.17) is 4.42 Å². The molecule has 1 heteroatoms. The molecule has 57 heavy (non-hydrogen) atoms. The maximum absolute atomic E-state index is 6.74. The minimum Gasteiger partial charge on any atom is -0.455 e. The molecular weight excluding hydrogens is 689 g/mol. The van der Waals surface area contributed by atoms with Crippen molar-refractivity contribution in [3.05, 3.63) is 218 Å². The summed E-state index contributed by atoms with van der Waals surface area (Å²) in [5.41, 5.74) is 13.8. The van der Waals surface area contributed by atoms with Crippen LogP contribution in [0.15, 0.2) is 223 Å². The number of fused-ring (bicyclic) bond motifs is 4. The average Bonchev–Trinajstić information content (AvgIpc) is 3.68. The summed E-state index contributed by atoms with van der Waals surface area (Å²) in [5, 5.41) is 8.57. The molecule has 0 aliphatic carbocycles. The lowest BCUT2D eigenvalue weighted by molar-refractivity contribution is 0.632. The third-order valence-corrected chi connectivity index (χ3v) is 11.4. The summed E-state index contributed by atoms with van der Waals surface area (Å²) in [5.74, 6) is 0.892. The van der Waals surface area contributed by atoms with Gasteiger partial charge in [-0.05, 0) is 113 Å². The largest absolute Gasteiger partial charge is 0.455 e. The Balaban J connectivity index is 1.05. The van der Waals surface area contributed by atoms with E-state index in [0.29, 0.717) is 0 Å². The number of benzene rings is 10. The molecule has 0 spiro atoms. The van der Waals surface area contributed by atoms with Gasteiger partial charge in [-0.3, -0.25) is 0 Å². The van der Waals surface area contributed by atoms with Crippen LogP contribution < -0.4 is 0 Å². The average molecular weight is 725 g/mol. The highest BCUT2D eigenvalue weighted by Crippen LogP contribution is 2.46. The lowest BCUT2D eigenvalue weighted by atomic mass is 9.85. The number of hydrogen-bond donors (Lipinski definition) is 0. The van der Waals surface area contributed by atoms with Gasteiger partial charge in [0, 0.05) is 16.5 Å². The van der Waals surface area contributed by atoms with Gasteiger partial charge in [-0.25, -0.2) is 0 Å². The molecule has 11 aromatic rings. The molecule has 0 fully saturated rings. The summed E-state index contributed by atoms with van der Waals surface area (Å²) < 4.78 is 6.74. The van der Waals surface area contributed by atoms with Crippen molar-refractivity contribution in [2.75, 3.05) is 0 Å². The van der Waals surface area contributed by atoms with Gasteiger partial charge in [-0.2, -0.15) is 0 Å². The summed E-state index contributed by atoms with van der Waals surface area (Å²) in [7, 11) is 0. The molecule has 1 aromatic heterocycles. The van der Waals surface area contributed by atoms with Crippen LogP contribution in [0.25, 0.3) is 110 Å². The molecule has 0 radical (unpaired) electrons. The van der Waals surface area contributed by atoms with Crippen LogP contribution in [0, 0.1) is 0 Å². The van der Waals surface area contributed by atoms with Crippen LogP contribution in [-0.2, 0) is 0 Å². The van der Waals surface area contributed by atoms with Crippen molar-refractivity contribution in [1.82, 2.24) is 0 Å². The first-order valence-electron chi connectivity index (χ1n) is 19.6. The first-order valence-corrected chi connectivity index (χ1v) is 19.6. The second-order valence-corrected chi connectivity index (χ2v) is 14.8. The predicted molar refractivity (Wildman–Crippen MR) is 241 cm³/mol. The SMILES string of the molecule is c1ccc(-c2oc3cc(-c4cccc(-c5c6ccccc6c(-c6cccc(-c7ccc8ccccc8c7)c6)c6ccccc56)c4)ccc3c2-c2ccccc2)cc1. The van der Waals surface area contributed by atoms with Gasteiger partial charge in [0.15, 0.2) is 0 Å². The highest BCUT2D eigenvalue weighted by molar-refractivity contribution is 6.21. The Labute approximate surface area is 331 Å². The lowest BCUT2D eigenvalue weighted by Crippen LogP contribution is -1.91. The van der Waals surface area contributed by atoms with Gasteiger partial charge < -0.3 is 4.42 Å². The van der Waals surface area contributed by atoms with Crippen LogP contribution in [0.1, 0.15) is 0 Å². The summed E-state index contributed by atoms with van der Waals surface area (Å²) in [6, 6.07) is 78.8. The molecule has 0 unspecified atom stereocenters. The molecule has 0 saturated heterocycles. The molecule has 0 aliphatic rings. The van der Waals surface area contributed by atoms with Crippen molar-refractivity contribution in [2.45, 2.75) is 0 Å². The lowest BCUT2D eigenvalue weighted by Gasteiger charge is -2.18. The molecule has 0 N–H and O–H groups in total. The van der Waals surface area contributed by atoms with E-state index in [2.05, 4.69) is 212 Å². The van der Waals surface area contributed by atoms with Crippen molar-refractivity contribution in [1.29, 1.82) is 0 Å². The molecule has 0 bridgehead atoms. The summed E-state index contributed by atoms with van der Waals surface area (Å²) in [4.78, 5) is 0. The van der Waals surface area contributed by atoms with E-state index in [1.807, 2.05) is 6.07 Å². The van der Waals surface area contributed by atoms with Crippen LogP contribution >= 0.6 is 0 Å². The molecule has 1 heterocycles. The van der Waals surface area contributed by atoms with Gasteiger partial charge in [-0.1, -0.05) is 188 Å². The Hall–Kier alpha value is -7.48. The predicted octanol–water partition coefficient (Wildman–Crippen LogP) is 15.9. The maximum Gasteiger partial charge on any atom is 0.143 e. The van der Waals surface area contributed by atoms with Crippen LogP contribution in [0.3, 0.4) is 0 Å². The maximum atomic E-state index is 6.74. The highest BCUT2D eigenvalue weighted by atomic mass is 16.3. The highest BCUT2D eigenvalue weighted by Gasteiger charge is 2.20. The smallest absolute Gasteiger partial charge is 0.143 e. The second-order valence-electron chi connectivity index (χ2n) is 14.8. The molecule has 1 nitrogen and oxygen atoms in total. The molecule has 0 saturated carbocycles. The number of rotatable bonds is 6. The Morgan fingerprint density at radius 3 is 1.26 bits per heavy atom. The fourth-order valence-corrected chi connectivity index (χ4v) is 8.79. The quantitative estimate of drug-likeness (QED) is 0.156. The molecule has 0 aliphatic heterocycles. The van der Waals surface area contributed by atoms with E-state index < -0.39 is 0 Å². The summed E-state index contributed by atoms with van der Waals surface area (Å²) >= 11 is 0. The van der Waals surface area contributed by atoms with Crippen molar-refractivity contribution < 1.29 is 4.42 Å². The first kappa shape index (κ1) is 32.9. The molecule has 11 rings (SSSR count). The van der Waals surface area contributed by atoms with Crippen molar-refractivity contribution >= 4 is 43.3 Å². The molecule has 0 amide bonds. The first-order chi connectivity index (χ1) is 28.3.